The molecule has 0 radical (unpaired) electrons. The summed E-state index contributed by atoms with van der Waals surface area (Å²) in [6.45, 7) is 1.81. The van der Waals surface area contributed by atoms with E-state index in [1.807, 2.05) is 0 Å². The van der Waals surface area contributed by atoms with Gasteiger partial charge in [-0.3, -0.25) is 4.79 Å². The summed E-state index contributed by atoms with van der Waals surface area (Å²) < 4.78 is 42.6. The van der Waals surface area contributed by atoms with E-state index in [0.29, 0.717) is 5.56 Å². The lowest BCUT2D eigenvalue weighted by atomic mass is 10.0. The molecule has 0 bridgehead atoms. The van der Waals surface area contributed by atoms with Crippen molar-refractivity contribution >= 4 is 29.3 Å². The van der Waals surface area contributed by atoms with E-state index in [2.05, 4.69) is 0 Å². The van der Waals surface area contributed by atoms with Crippen LogP contribution in [-0.2, 0) is 21.8 Å². The molecular formula is C13H11ClF3NO2S. The summed E-state index contributed by atoms with van der Waals surface area (Å²) in [4.78, 5) is 11.2. The number of carbonyl (C=O) groups is 1. The van der Waals surface area contributed by atoms with Gasteiger partial charge in [-0.05, 0) is 35.9 Å². The van der Waals surface area contributed by atoms with Crippen molar-refractivity contribution in [2.24, 2.45) is 0 Å². The number of alkyl halides is 4. The number of benzene rings is 1. The number of carbonyl (C=O) groups excluding carboxylic acids is 1. The Morgan fingerprint density at radius 2 is 2.14 bits per heavy atom. The molecule has 0 fully saturated rings. The van der Waals surface area contributed by atoms with Crippen LogP contribution in [0.15, 0.2) is 17.0 Å². The molecule has 0 heterocycles. The number of hydrogen-bond donors (Lipinski definition) is 0. The number of nitrogens with zero attached hydrogens (tertiary/aromatic N) is 1. The standard InChI is InChI=1S/C13H11ClF3NO2S/c1-2-20-11(19)5-8-3-4-9(7-18)12(10(8)6-14)21-13(15,16)17/h3-4H,2,5-6H2,1H3. The molecule has 1 rings (SSSR count). The predicted octanol–water partition coefficient (Wildman–Crippen LogP) is 4.01. The van der Waals surface area contributed by atoms with E-state index in [9.17, 15) is 18.0 Å². The highest BCUT2D eigenvalue weighted by atomic mass is 35.5. The molecule has 8 heteroatoms. The van der Waals surface area contributed by atoms with E-state index in [1.165, 1.54) is 12.1 Å². The molecule has 1 aromatic carbocycles. The summed E-state index contributed by atoms with van der Waals surface area (Å²) in [5.74, 6) is -0.792. The highest BCUT2D eigenvalue weighted by Gasteiger charge is 2.32. The molecule has 1 aromatic rings. The monoisotopic (exact) mass is 337 g/mol. The summed E-state index contributed by atoms with van der Waals surface area (Å²) in [7, 11) is 0. The van der Waals surface area contributed by atoms with Gasteiger partial charge in [-0.25, -0.2) is 0 Å². The number of halogens is 4. The Morgan fingerprint density at radius 3 is 2.62 bits per heavy atom. The van der Waals surface area contributed by atoms with Gasteiger partial charge in [0.2, 0.25) is 0 Å². The molecule has 0 N–H and O–H groups in total. The minimum atomic E-state index is -4.55. The molecule has 0 aliphatic carbocycles. The van der Waals surface area contributed by atoms with Crippen LogP contribution in [0.25, 0.3) is 0 Å². The van der Waals surface area contributed by atoms with Crippen molar-refractivity contribution in [3.63, 3.8) is 0 Å². The van der Waals surface area contributed by atoms with E-state index in [4.69, 9.17) is 21.6 Å². The Labute approximate surface area is 129 Å². The highest BCUT2D eigenvalue weighted by Crippen LogP contribution is 2.41. The fourth-order valence-electron chi connectivity index (χ4n) is 1.67. The summed E-state index contributed by atoms with van der Waals surface area (Å²) in [6.07, 6.45) is -0.187. The van der Waals surface area contributed by atoms with Gasteiger partial charge in [0.25, 0.3) is 0 Å². The SMILES string of the molecule is CCOC(=O)Cc1ccc(C#N)c(SC(F)(F)F)c1CCl. The van der Waals surface area contributed by atoms with Gasteiger partial charge in [0, 0.05) is 10.8 Å². The molecule has 0 amide bonds. The van der Waals surface area contributed by atoms with E-state index >= 15 is 0 Å². The number of esters is 1. The van der Waals surface area contributed by atoms with Crippen molar-refractivity contribution in [1.82, 2.24) is 0 Å². The second kappa shape index (κ2) is 7.57. The van der Waals surface area contributed by atoms with E-state index < -0.39 is 23.2 Å². The first-order valence-corrected chi connectivity index (χ1v) is 7.19. The van der Waals surface area contributed by atoms with Gasteiger partial charge < -0.3 is 4.74 Å². The molecule has 0 spiro atoms. The number of nitriles is 1. The zero-order chi connectivity index (χ0) is 16.0. The van der Waals surface area contributed by atoms with Gasteiger partial charge in [-0.1, -0.05) is 6.07 Å². The maximum Gasteiger partial charge on any atom is 0.446 e. The number of hydrogen-bond acceptors (Lipinski definition) is 4. The van der Waals surface area contributed by atoms with Crippen LogP contribution in [0.3, 0.4) is 0 Å². The fraction of sp³-hybridized carbons (Fsp3) is 0.385. The Morgan fingerprint density at radius 1 is 1.48 bits per heavy atom. The van der Waals surface area contributed by atoms with Gasteiger partial charge in [0.05, 0.1) is 18.6 Å². The van der Waals surface area contributed by atoms with Crippen LogP contribution in [0.5, 0.6) is 0 Å². The van der Waals surface area contributed by atoms with Crippen LogP contribution >= 0.6 is 23.4 Å². The van der Waals surface area contributed by atoms with Gasteiger partial charge >= 0.3 is 11.5 Å². The molecule has 0 unspecified atom stereocenters. The fourth-order valence-corrected chi connectivity index (χ4v) is 2.83. The summed E-state index contributed by atoms with van der Waals surface area (Å²) in [6, 6.07) is 4.38. The Kier molecular flexibility index (Phi) is 6.37. The van der Waals surface area contributed by atoms with E-state index in [-0.39, 0.29) is 34.9 Å². The zero-order valence-corrected chi connectivity index (χ0v) is 12.5. The molecule has 3 nitrogen and oxygen atoms in total. The maximum absolute atomic E-state index is 12.6. The highest BCUT2D eigenvalue weighted by molar-refractivity contribution is 8.00. The summed E-state index contributed by atoms with van der Waals surface area (Å²) >= 11 is 5.31. The average Bonchev–Trinajstić information content (AvgIpc) is 2.37. The van der Waals surface area contributed by atoms with E-state index in [0.717, 1.165) is 0 Å². The van der Waals surface area contributed by atoms with Crippen molar-refractivity contribution in [2.75, 3.05) is 6.61 Å². The third kappa shape index (κ3) is 5.14. The average molecular weight is 338 g/mol. The van der Waals surface area contributed by atoms with Gasteiger partial charge in [0.1, 0.15) is 6.07 Å². The van der Waals surface area contributed by atoms with E-state index in [1.54, 1.807) is 13.0 Å². The van der Waals surface area contributed by atoms with Gasteiger partial charge in [-0.2, -0.15) is 18.4 Å². The van der Waals surface area contributed by atoms with Crippen LogP contribution in [0, 0.1) is 11.3 Å². The first-order valence-electron chi connectivity index (χ1n) is 5.84. The number of thioether (sulfide) groups is 1. The zero-order valence-electron chi connectivity index (χ0n) is 11.0. The lowest BCUT2D eigenvalue weighted by molar-refractivity contribution is -0.142. The minimum absolute atomic E-state index is 0.124. The second-order valence-electron chi connectivity index (χ2n) is 3.85. The predicted molar refractivity (Wildman–Crippen MR) is 73.0 cm³/mol. The lowest BCUT2D eigenvalue weighted by Crippen LogP contribution is -2.11. The first-order chi connectivity index (χ1) is 9.82. The summed E-state index contributed by atoms with van der Waals surface area (Å²) in [5, 5.41) is 8.93. The van der Waals surface area contributed by atoms with Crippen LogP contribution in [0.2, 0.25) is 0 Å². The van der Waals surface area contributed by atoms with Crippen molar-refractivity contribution < 1.29 is 22.7 Å². The van der Waals surface area contributed by atoms with Crippen molar-refractivity contribution in [1.29, 1.82) is 5.26 Å². The van der Waals surface area contributed by atoms with Gasteiger partial charge in [0.15, 0.2) is 0 Å². The molecule has 0 aromatic heterocycles. The molecule has 114 valence electrons. The van der Waals surface area contributed by atoms with Gasteiger partial charge in [-0.15, -0.1) is 11.6 Å². The lowest BCUT2D eigenvalue weighted by Gasteiger charge is -2.15. The van der Waals surface area contributed by atoms with Crippen LogP contribution in [-0.4, -0.2) is 18.1 Å². The van der Waals surface area contributed by atoms with Crippen molar-refractivity contribution in [2.45, 2.75) is 29.6 Å². The normalized spacial score (nSPS) is 11.0. The molecule has 0 saturated heterocycles. The molecule has 0 aliphatic heterocycles. The van der Waals surface area contributed by atoms with Crippen molar-refractivity contribution in [3.8, 4) is 6.07 Å². The minimum Gasteiger partial charge on any atom is -0.466 e. The maximum atomic E-state index is 12.6. The number of ether oxygens (including phenoxy) is 1. The third-order valence-corrected chi connectivity index (χ3v) is 3.64. The smallest absolute Gasteiger partial charge is 0.446 e. The third-order valence-electron chi connectivity index (χ3n) is 2.47. The quantitative estimate of drug-likeness (QED) is 0.462. The largest absolute Gasteiger partial charge is 0.466 e. The molecule has 0 atom stereocenters. The summed E-state index contributed by atoms with van der Waals surface area (Å²) in [5.41, 5.74) is -4.21. The Hall–Kier alpha value is -1.39. The Bertz CT molecular complexity index is 570. The van der Waals surface area contributed by atoms with Crippen LogP contribution in [0.1, 0.15) is 23.6 Å². The van der Waals surface area contributed by atoms with Crippen LogP contribution < -0.4 is 0 Å². The molecule has 21 heavy (non-hydrogen) atoms. The molecular weight excluding hydrogens is 327 g/mol. The topological polar surface area (TPSA) is 50.1 Å². The molecule has 0 aliphatic rings. The second-order valence-corrected chi connectivity index (χ2v) is 5.20. The first kappa shape index (κ1) is 17.7. The Balaban J connectivity index is 3.26. The van der Waals surface area contributed by atoms with Crippen molar-refractivity contribution in [3.05, 3.63) is 28.8 Å². The molecule has 0 saturated carbocycles. The number of rotatable bonds is 5. The van der Waals surface area contributed by atoms with Crippen LogP contribution in [0.4, 0.5) is 13.2 Å².